The largest absolute Gasteiger partial charge is 0.135 e. The zero-order chi connectivity index (χ0) is 16.6. The van der Waals surface area contributed by atoms with Gasteiger partial charge in [0.05, 0.1) is 0 Å². The van der Waals surface area contributed by atoms with Crippen LogP contribution in [-0.4, -0.2) is 0 Å². The van der Waals surface area contributed by atoms with Gasteiger partial charge in [0.2, 0.25) is 0 Å². The smallest absolute Gasteiger partial charge is 0.0355 e. The molecule has 0 aliphatic heterocycles. The highest BCUT2D eigenvalue weighted by molar-refractivity contribution is 7.25. The molecule has 118 valence electrons. The molecule has 0 nitrogen and oxygen atoms in total. The third kappa shape index (κ3) is 2.54. The molecule has 0 N–H and O–H groups in total. The van der Waals surface area contributed by atoms with Gasteiger partial charge in [0, 0.05) is 20.2 Å². The molecule has 0 radical (unpaired) electrons. The monoisotopic (exact) mass is 336 g/mol. The van der Waals surface area contributed by atoms with E-state index in [0.29, 0.717) is 0 Å². The summed E-state index contributed by atoms with van der Waals surface area (Å²) in [4.78, 5) is 0. The third-order valence-electron chi connectivity index (χ3n) is 4.68. The minimum Gasteiger partial charge on any atom is -0.135 e. The van der Waals surface area contributed by atoms with Gasteiger partial charge in [-0.05, 0) is 46.5 Å². The average Bonchev–Trinajstić information content (AvgIpc) is 3.07. The first kappa shape index (κ1) is 14.4. The SMILES string of the molecule is c1ccc(-c2cccc(-c3ccc4sc5ccccc5c4c3)c2)cc1. The molecule has 1 heteroatoms. The molecule has 0 atom stereocenters. The van der Waals surface area contributed by atoms with E-state index in [4.69, 9.17) is 0 Å². The summed E-state index contributed by atoms with van der Waals surface area (Å²) in [5.74, 6) is 0. The van der Waals surface area contributed by atoms with E-state index in [1.807, 2.05) is 11.3 Å². The molecule has 1 heterocycles. The molecule has 0 aliphatic rings. The predicted octanol–water partition coefficient (Wildman–Crippen LogP) is 7.39. The van der Waals surface area contributed by atoms with Gasteiger partial charge in [-0.3, -0.25) is 0 Å². The molecule has 5 aromatic rings. The maximum Gasteiger partial charge on any atom is 0.0355 e. The Kier molecular flexibility index (Phi) is 3.39. The number of thiophene rings is 1. The normalized spacial score (nSPS) is 11.2. The zero-order valence-electron chi connectivity index (χ0n) is 13.6. The van der Waals surface area contributed by atoms with Crippen LogP contribution in [0.5, 0.6) is 0 Å². The molecule has 0 saturated carbocycles. The molecular weight excluding hydrogens is 320 g/mol. The number of hydrogen-bond donors (Lipinski definition) is 0. The van der Waals surface area contributed by atoms with Crippen molar-refractivity contribution in [2.24, 2.45) is 0 Å². The Labute approximate surface area is 151 Å². The van der Waals surface area contributed by atoms with Gasteiger partial charge in [0.1, 0.15) is 0 Å². The van der Waals surface area contributed by atoms with Crippen molar-refractivity contribution in [3.8, 4) is 22.3 Å². The van der Waals surface area contributed by atoms with Crippen LogP contribution >= 0.6 is 11.3 Å². The first-order valence-electron chi connectivity index (χ1n) is 8.46. The Balaban J connectivity index is 1.67. The fourth-order valence-corrected chi connectivity index (χ4v) is 4.50. The van der Waals surface area contributed by atoms with Gasteiger partial charge in [-0.15, -0.1) is 11.3 Å². The summed E-state index contributed by atoms with van der Waals surface area (Å²) in [6.07, 6.45) is 0. The highest BCUT2D eigenvalue weighted by Crippen LogP contribution is 2.36. The van der Waals surface area contributed by atoms with Crippen molar-refractivity contribution in [1.29, 1.82) is 0 Å². The first-order chi connectivity index (χ1) is 12.4. The highest BCUT2D eigenvalue weighted by atomic mass is 32.1. The van der Waals surface area contributed by atoms with Crippen LogP contribution in [-0.2, 0) is 0 Å². The van der Waals surface area contributed by atoms with E-state index in [-0.39, 0.29) is 0 Å². The second kappa shape index (κ2) is 5.87. The Morgan fingerprint density at radius 3 is 1.92 bits per heavy atom. The van der Waals surface area contributed by atoms with Crippen LogP contribution in [0.25, 0.3) is 42.4 Å². The zero-order valence-corrected chi connectivity index (χ0v) is 14.5. The highest BCUT2D eigenvalue weighted by Gasteiger charge is 2.07. The van der Waals surface area contributed by atoms with E-state index < -0.39 is 0 Å². The van der Waals surface area contributed by atoms with Crippen LogP contribution < -0.4 is 0 Å². The molecule has 0 bridgehead atoms. The van der Waals surface area contributed by atoms with E-state index in [9.17, 15) is 0 Å². The van der Waals surface area contributed by atoms with E-state index in [1.165, 1.54) is 42.4 Å². The molecule has 0 amide bonds. The fraction of sp³-hybridized carbons (Fsp3) is 0. The van der Waals surface area contributed by atoms with Gasteiger partial charge < -0.3 is 0 Å². The van der Waals surface area contributed by atoms with E-state index in [1.54, 1.807) is 0 Å². The Morgan fingerprint density at radius 2 is 1.04 bits per heavy atom. The lowest BCUT2D eigenvalue weighted by Crippen LogP contribution is -1.81. The van der Waals surface area contributed by atoms with E-state index in [0.717, 1.165) is 0 Å². The lowest BCUT2D eigenvalue weighted by atomic mass is 9.98. The van der Waals surface area contributed by atoms with Crippen molar-refractivity contribution < 1.29 is 0 Å². The summed E-state index contributed by atoms with van der Waals surface area (Å²) in [6, 6.07) is 34.8. The molecule has 0 aliphatic carbocycles. The molecule has 4 aromatic carbocycles. The lowest BCUT2D eigenvalue weighted by Gasteiger charge is -2.06. The Bertz CT molecular complexity index is 1180. The molecule has 0 spiro atoms. The topological polar surface area (TPSA) is 0 Å². The molecule has 0 fully saturated rings. The van der Waals surface area contributed by atoms with Crippen LogP contribution in [0, 0.1) is 0 Å². The summed E-state index contributed by atoms with van der Waals surface area (Å²) < 4.78 is 2.71. The number of hydrogen-bond acceptors (Lipinski definition) is 1. The molecule has 0 saturated heterocycles. The predicted molar refractivity (Wildman–Crippen MR) is 110 cm³/mol. The van der Waals surface area contributed by atoms with Crippen molar-refractivity contribution >= 4 is 31.5 Å². The molecule has 1 aromatic heterocycles. The minimum atomic E-state index is 1.26. The van der Waals surface area contributed by atoms with Crippen molar-refractivity contribution in [1.82, 2.24) is 0 Å². The van der Waals surface area contributed by atoms with Gasteiger partial charge in [0.25, 0.3) is 0 Å². The van der Waals surface area contributed by atoms with Gasteiger partial charge in [-0.25, -0.2) is 0 Å². The number of benzene rings is 4. The molecule has 0 unspecified atom stereocenters. The quantitative estimate of drug-likeness (QED) is 0.315. The number of fused-ring (bicyclic) bond motifs is 3. The summed E-state index contributed by atoms with van der Waals surface area (Å²) >= 11 is 1.87. The van der Waals surface area contributed by atoms with Gasteiger partial charge in [-0.1, -0.05) is 72.8 Å². The van der Waals surface area contributed by atoms with Crippen LogP contribution in [0.2, 0.25) is 0 Å². The summed E-state index contributed by atoms with van der Waals surface area (Å²) in [7, 11) is 0. The van der Waals surface area contributed by atoms with Crippen molar-refractivity contribution in [3.63, 3.8) is 0 Å². The van der Waals surface area contributed by atoms with Crippen LogP contribution in [0.4, 0.5) is 0 Å². The van der Waals surface area contributed by atoms with E-state index in [2.05, 4.69) is 97.1 Å². The Hall–Kier alpha value is -2.90. The average molecular weight is 336 g/mol. The Morgan fingerprint density at radius 1 is 0.400 bits per heavy atom. The summed E-state index contributed by atoms with van der Waals surface area (Å²) in [5.41, 5.74) is 5.05. The second-order valence-corrected chi connectivity index (χ2v) is 7.34. The lowest BCUT2D eigenvalue weighted by molar-refractivity contribution is 1.60. The van der Waals surface area contributed by atoms with Crippen LogP contribution in [0.1, 0.15) is 0 Å². The van der Waals surface area contributed by atoms with Gasteiger partial charge >= 0.3 is 0 Å². The third-order valence-corrected chi connectivity index (χ3v) is 5.83. The van der Waals surface area contributed by atoms with Crippen molar-refractivity contribution in [2.45, 2.75) is 0 Å². The van der Waals surface area contributed by atoms with Crippen molar-refractivity contribution in [2.75, 3.05) is 0 Å². The van der Waals surface area contributed by atoms with E-state index >= 15 is 0 Å². The number of rotatable bonds is 2. The van der Waals surface area contributed by atoms with Gasteiger partial charge in [-0.2, -0.15) is 0 Å². The maximum absolute atomic E-state index is 2.33. The van der Waals surface area contributed by atoms with Crippen molar-refractivity contribution in [3.05, 3.63) is 97.1 Å². The fourth-order valence-electron chi connectivity index (χ4n) is 3.41. The standard InChI is InChI=1S/C24H16S/c1-2-7-17(8-3-1)18-9-6-10-19(15-18)20-13-14-24-22(16-20)21-11-4-5-12-23(21)25-24/h1-16H. The second-order valence-electron chi connectivity index (χ2n) is 6.26. The summed E-state index contributed by atoms with van der Waals surface area (Å²) in [5, 5.41) is 2.70. The first-order valence-corrected chi connectivity index (χ1v) is 9.27. The molecule has 5 rings (SSSR count). The van der Waals surface area contributed by atoms with Gasteiger partial charge in [0.15, 0.2) is 0 Å². The maximum atomic E-state index is 2.33. The molecular formula is C24H16S. The molecule has 25 heavy (non-hydrogen) atoms. The van der Waals surface area contributed by atoms with Crippen LogP contribution in [0.15, 0.2) is 97.1 Å². The minimum absolute atomic E-state index is 1.26. The van der Waals surface area contributed by atoms with Crippen LogP contribution in [0.3, 0.4) is 0 Å². The summed E-state index contributed by atoms with van der Waals surface area (Å²) in [6.45, 7) is 0.